The molecule has 1 aliphatic heterocycles. The van der Waals surface area contributed by atoms with E-state index < -0.39 is 0 Å². The third-order valence-corrected chi connectivity index (χ3v) is 3.78. The van der Waals surface area contributed by atoms with Crippen LogP contribution in [-0.2, 0) is 0 Å². The Hall–Kier alpha value is -2.14. The van der Waals surface area contributed by atoms with E-state index in [1.165, 1.54) is 11.3 Å². The molecule has 5 heteroatoms. The molecule has 3 rings (SSSR count). The third kappa shape index (κ3) is 2.69. The van der Waals surface area contributed by atoms with E-state index in [0.29, 0.717) is 24.9 Å². The Morgan fingerprint density at radius 1 is 1.33 bits per heavy atom. The van der Waals surface area contributed by atoms with Crippen LogP contribution in [-0.4, -0.2) is 29.7 Å². The van der Waals surface area contributed by atoms with Gasteiger partial charge in [0.1, 0.15) is 12.1 Å². The van der Waals surface area contributed by atoms with E-state index in [-0.39, 0.29) is 0 Å². The minimum absolute atomic E-state index is 0.455. The summed E-state index contributed by atoms with van der Waals surface area (Å²) in [6.07, 6.45) is 2.54. The summed E-state index contributed by atoms with van der Waals surface area (Å²) >= 11 is 0. The Morgan fingerprint density at radius 3 is 3.00 bits per heavy atom. The summed E-state index contributed by atoms with van der Waals surface area (Å²) in [5.74, 6) is 1.94. The summed E-state index contributed by atoms with van der Waals surface area (Å²) < 4.78 is 5.47. The molecule has 0 spiro atoms. The fourth-order valence-corrected chi connectivity index (χ4v) is 2.86. The molecule has 0 aliphatic carbocycles. The quantitative estimate of drug-likeness (QED) is 0.913. The van der Waals surface area contributed by atoms with E-state index in [0.717, 1.165) is 18.8 Å². The molecule has 0 fully saturated rings. The molecule has 2 N–H and O–H groups in total. The standard InChI is InChI=1S/C16H20N4O/c1-2-21-16-9-15(18-11-19-16)20-10-12(7-8-17)13-5-3-4-6-14(13)20/h3-6,9,11-12H,2,7-8,10,17H2,1H3. The van der Waals surface area contributed by atoms with Gasteiger partial charge in [0.15, 0.2) is 0 Å². The highest BCUT2D eigenvalue weighted by Crippen LogP contribution is 2.41. The number of hydrogen-bond acceptors (Lipinski definition) is 5. The monoisotopic (exact) mass is 284 g/mol. The molecule has 1 aliphatic rings. The summed E-state index contributed by atoms with van der Waals surface area (Å²) in [5, 5.41) is 0. The van der Waals surface area contributed by atoms with Gasteiger partial charge in [0.2, 0.25) is 5.88 Å². The molecule has 2 aromatic rings. The van der Waals surface area contributed by atoms with Crippen molar-refractivity contribution in [3.63, 3.8) is 0 Å². The molecule has 1 unspecified atom stereocenters. The number of nitrogens with two attached hydrogens (primary N) is 1. The molecular weight excluding hydrogens is 264 g/mol. The Morgan fingerprint density at radius 2 is 2.19 bits per heavy atom. The summed E-state index contributed by atoms with van der Waals surface area (Å²) in [6, 6.07) is 10.3. The van der Waals surface area contributed by atoms with E-state index in [1.807, 2.05) is 13.0 Å². The zero-order valence-corrected chi connectivity index (χ0v) is 12.2. The first-order valence-corrected chi connectivity index (χ1v) is 7.35. The molecular formula is C16H20N4O. The van der Waals surface area contributed by atoms with Crippen LogP contribution in [0, 0.1) is 0 Å². The maximum atomic E-state index is 5.75. The van der Waals surface area contributed by atoms with Gasteiger partial charge < -0.3 is 15.4 Å². The molecule has 0 amide bonds. The zero-order valence-electron chi connectivity index (χ0n) is 12.2. The summed E-state index contributed by atoms with van der Waals surface area (Å²) in [5.41, 5.74) is 8.30. The van der Waals surface area contributed by atoms with Gasteiger partial charge in [0.25, 0.3) is 0 Å². The number of hydrogen-bond donors (Lipinski definition) is 1. The molecule has 1 atom stereocenters. The molecule has 1 aromatic heterocycles. The van der Waals surface area contributed by atoms with Crippen molar-refractivity contribution in [3.8, 4) is 5.88 Å². The molecule has 0 saturated heterocycles. The van der Waals surface area contributed by atoms with E-state index in [4.69, 9.17) is 10.5 Å². The van der Waals surface area contributed by atoms with Gasteiger partial charge in [0, 0.05) is 24.2 Å². The molecule has 5 nitrogen and oxygen atoms in total. The number of ether oxygens (including phenoxy) is 1. The highest BCUT2D eigenvalue weighted by atomic mass is 16.5. The van der Waals surface area contributed by atoms with Crippen LogP contribution in [0.2, 0.25) is 0 Å². The fraction of sp³-hybridized carbons (Fsp3) is 0.375. The lowest BCUT2D eigenvalue weighted by Crippen LogP contribution is -2.18. The van der Waals surface area contributed by atoms with Crippen LogP contribution >= 0.6 is 0 Å². The number of anilines is 2. The van der Waals surface area contributed by atoms with Crippen LogP contribution in [0.4, 0.5) is 11.5 Å². The number of aromatic nitrogens is 2. The van der Waals surface area contributed by atoms with E-state index in [2.05, 4.69) is 39.1 Å². The lowest BCUT2D eigenvalue weighted by molar-refractivity contribution is 0.326. The normalized spacial score (nSPS) is 16.9. The van der Waals surface area contributed by atoms with Crippen molar-refractivity contribution >= 4 is 11.5 Å². The molecule has 110 valence electrons. The first kappa shape index (κ1) is 13.8. The zero-order chi connectivity index (χ0) is 14.7. The molecule has 1 aromatic carbocycles. The Labute approximate surface area is 124 Å². The van der Waals surface area contributed by atoms with Crippen molar-refractivity contribution < 1.29 is 4.74 Å². The van der Waals surface area contributed by atoms with Crippen molar-refractivity contribution in [2.24, 2.45) is 5.73 Å². The third-order valence-electron chi connectivity index (χ3n) is 3.78. The van der Waals surface area contributed by atoms with E-state index >= 15 is 0 Å². The maximum absolute atomic E-state index is 5.75. The second kappa shape index (κ2) is 6.10. The summed E-state index contributed by atoms with van der Waals surface area (Å²) in [7, 11) is 0. The number of rotatable bonds is 5. The van der Waals surface area contributed by atoms with Gasteiger partial charge in [-0.25, -0.2) is 9.97 Å². The van der Waals surface area contributed by atoms with Crippen LogP contribution in [0.15, 0.2) is 36.7 Å². The average Bonchev–Trinajstić information content (AvgIpc) is 2.88. The predicted octanol–water partition coefficient (Wildman–Crippen LogP) is 2.46. The predicted molar refractivity (Wildman–Crippen MR) is 83.1 cm³/mol. The van der Waals surface area contributed by atoms with Gasteiger partial charge in [-0.1, -0.05) is 18.2 Å². The summed E-state index contributed by atoms with van der Waals surface area (Å²) in [6.45, 7) is 4.15. The number of fused-ring (bicyclic) bond motifs is 1. The molecule has 0 radical (unpaired) electrons. The maximum Gasteiger partial charge on any atom is 0.218 e. The van der Waals surface area contributed by atoms with Gasteiger partial charge in [-0.05, 0) is 31.5 Å². The smallest absolute Gasteiger partial charge is 0.218 e. The van der Waals surface area contributed by atoms with Crippen LogP contribution in [0.5, 0.6) is 5.88 Å². The van der Waals surface area contributed by atoms with E-state index in [9.17, 15) is 0 Å². The molecule has 2 heterocycles. The minimum atomic E-state index is 0.455. The van der Waals surface area contributed by atoms with Gasteiger partial charge in [0.05, 0.1) is 6.61 Å². The van der Waals surface area contributed by atoms with Crippen LogP contribution in [0.3, 0.4) is 0 Å². The van der Waals surface area contributed by atoms with Crippen LogP contribution in [0.25, 0.3) is 0 Å². The Bertz CT molecular complexity index is 617. The van der Waals surface area contributed by atoms with Gasteiger partial charge in [-0.15, -0.1) is 0 Å². The van der Waals surface area contributed by atoms with Crippen molar-refractivity contribution in [3.05, 3.63) is 42.2 Å². The summed E-state index contributed by atoms with van der Waals surface area (Å²) in [4.78, 5) is 10.8. The van der Waals surface area contributed by atoms with Crippen molar-refractivity contribution in [2.45, 2.75) is 19.3 Å². The average molecular weight is 284 g/mol. The molecule has 21 heavy (non-hydrogen) atoms. The largest absolute Gasteiger partial charge is 0.478 e. The second-order valence-electron chi connectivity index (χ2n) is 5.09. The first-order valence-electron chi connectivity index (χ1n) is 7.35. The molecule has 0 saturated carbocycles. The van der Waals surface area contributed by atoms with Gasteiger partial charge in [-0.3, -0.25) is 0 Å². The van der Waals surface area contributed by atoms with E-state index in [1.54, 1.807) is 6.33 Å². The number of benzene rings is 1. The highest BCUT2D eigenvalue weighted by molar-refractivity contribution is 5.69. The molecule has 0 bridgehead atoms. The van der Waals surface area contributed by atoms with Crippen molar-refractivity contribution in [1.82, 2.24) is 9.97 Å². The van der Waals surface area contributed by atoms with Crippen LogP contribution in [0.1, 0.15) is 24.8 Å². The van der Waals surface area contributed by atoms with Gasteiger partial charge >= 0.3 is 0 Å². The van der Waals surface area contributed by atoms with Crippen molar-refractivity contribution in [1.29, 1.82) is 0 Å². The van der Waals surface area contributed by atoms with Gasteiger partial charge in [-0.2, -0.15) is 0 Å². The number of nitrogens with zero attached hydrogens (tertiary/aromatic N) is 3. The highest BCUT2D eigenvalue weighted by Gasteiger charge is 2.29. The lowest BCUT2D eigenvalue weighted by Gasteiger charge is -2.19. The Kier molecular flexibility index (Phi) is 4.01. The number of para-hydroxylation sites is 1. The van der Waals surface area contributed by atoms with Crippen molar-refractivity contribution in [2.75, 3.05) is 24.6 Å². The lowest BCUT2D eigenvalue weighted by atomic mass is 9.98. The fourth-order valence-electron chi connectivity index (χ4n) is 2.86. The minimum Gasteiger partial charge on any atom is -0.478 e. The first-order chi connectivity index (χ1) is 10.3. The SMILES string of the molecule is CCOc1cc(N2CC(CCN)c3ccccc32)ncn1. The van der Waals surface area contributed by atoms with Crippen LogP contribution < -0.4 is 15.4 Å². The topological polar surface area (TPSA) is 64.3 Å². The second-order valence-corrected chi connectivity index (χ2v) is 5.09. The Balaban J connectivity index is 1.94.